The second-order valence-electron chi connectivity index (χ2n) is 11.4. The zero-order valence-corrected chi connectivity index (χ0v) is 27.8. The molecule has 2 atom stereocenters. The third-order valence-corrected chi connectivity index (χ3v) is 7.00. The van der Waals surface area contributed by atoms with Crippen molar-refractivity contribution in [1.29, 1.82) is 0 Å². The molecule has 0 heterocycles. The molecule has 2 unspecified atom stereocenters. The van der Waals surface area contributed by atoms with E-state index in [1.165, 1.54) is 0 Å². The van der Waals surface area contributed by atoms with Crippen LogP contribution in [0.3, 0.4) is 0 Å². The number of carbonyl (C=O) groups excluding carboxylic acids is 4. The van der Waals surface area contributed by atoms with E-state index in [4.69, 9.17) is 23.7 Å². The Bertz CT molecular complexity index is 652. The molecule has 9 heteroatoms. The first-order chi connectivity index (χ1) is 20.9. The van der Waals surface area contributed by atoms with Crippen LogP contribution in [0.5, 0.6) is 0 Å². The molecule has 0 rings (SSSR count). The van der Waals surface area contributed by atoms with Crippen molar-refractivity contribution in [2.45, 2.75) is 168 Å². The lowest BCUT2D eigenvalue weighted by Gasteiger charge is -2.21. The fraction of sp³-hybridized carbons (Fsp3) is 0.882. The highest BCUT2D eigenvalue weighted by Gasteiger charge is 2.21. The van der Waals surface area contributed by atoms with Crippen molar-refractivity contribution >= 4 is 23.9 Å². The summed E-state index contributed by atoms with van der Waals surface area (Å²) in [6.45, 7) is 8.12. The predicted molar refractivity (Wildman–Crippen MR) is 168 cm³/mol. The summed E-state index contributed by atoms with van der Waals surface area (Å²) < 4.78 is 27.8. The highest BCUT2D eigenvalue weighted by Crippen LogP contribution is 2.10. The molecule has 0 fully saturated rings. The van der Waals surface area contributed by atoms with Crippen molar-refractivity contribution in [1.82, 2.24) is 0 Å². The van der Waals surface area contributed by atoms with Gasteiger partial charge in [-0.15, -0.1) is 0 Å². The average molecular weight is 615 g/mol. The molecule has 0 saturated carbocycles. The van der Waals surface area contributed by atoms with Gasteiger partial charge in [0.15, 0.2) is 12.2 Å². The molecule has 0 aromatic heterocycles. The fourth-order valence-corrected chi connectivity index (χ4v) is 4.35. The van der Waals surface area contributed by atoms with E-state index in [2.05, 4.69) is 27.7 Å². The third-order valence-electron chi connectivity index (χ3n) is 7.00. The first-order valence-corrected chi connectivity index (χ1v) is 17.1. The molecule has 0 spiro atoms. The van der Waals surface area contributed by atoms with E-state index in [0.29, 0.717) is 12.8 Å². The maximum atomic E-state index is 12.5. The number of esters is 4. The number of rotatable bonds is 30. The van der Waals surface area contributed by atoms with E-state index in [1.807, 2.05) is 0 Å². The van der Waals surface area contributed by atoms with Gasteiger partial charge in [0.1, 0.15) is 13.2 Å². The molecule has 43 heavy (non-hydrogen) atoms. The molecule has 0 radical (unpaired) electrons. The Balaban J connectivity index is 5.03. The molecular formula is C34H62O9. The molecule has 0 saturated heterocycles. The van der Waals surface area contributed by atoms with Crippen LogP contribution in [0.2, 0.25) is 0 Å². The maximum absolute atomic E-state index is 12.5. The lowest BCUT2D eigenvalue weighted by atomic mass is 10.1. The van der Waals surface area contributed by atoms with E-state index in [1.54, 1.807) is 0 Å². The van der Waals surface area contributed by atoms with Gasteiger partial charge >= 0.3 is 23.9 Å². The molecule has 0 bridgehead atoms. The Morgan fingerprint density at radius 1 is 0.395 bits per heavy atom. The standard InChI is InChI=1S/C34H62O9/c1-5-9-13-17-21-31(35)40-27-29(42-33(37)23-19-15-11-7-3)25-39-26-30(43-34(38)24-20-16-12-8-4)28-41-32(36)22-18-14-10-6-2/h29-30H,5-28H2,1-4H3. The minimum Gasteiger partial charge on any atom is -0.462 e. The third kappa shape index (κ3) is 27.1. The summed E-state index contributed by atoms with van der Waals surface area (Å²) >= 11 is 0. The van der Waals surface area contributed by atoms with Gasteiger partial charge < -0.3 is 23.7 Å². The lowest BCUT2D eigenvalue weighted by Crippen LogP contribution is -2.34. The summed E-state index contributed by atoms with van der Waals surface area (Å²) in [6.07, 6.45) is 15.0. The number of hydrogen-bond donors (Lipinski definition) is 0. The Hall–Kier alpha value is -2.16. The first kappa shape index (κ1) is 40.8. The van der Waals surface area contributed by atoms with E-state index >= 15 is 0 Å². The van der Waals surface area contributed by atoms with Gasteiger partial charge in [0.25, 0.3) is 0 Å². The van der Waals surface area contributed by atoms with Gasteiger partial charge in [-0.3, -0.25) is 19.2 Å². The number of hydrogen-bond acceptors (Lipinski definition) is 9. The monoisotopic (exact) mass is 614 g/mol. The van der Waals surface area contributed by atoms with Crippen molar-refractivity contribution in [3.05, 3.63) is 0 Å². The summed E-state index contributed by atoms with van der Waals surface area (Å²) in [6, 6.07) is 0. The van der Waals surface area contributed by atoms with Crippen LogP contribution in [-0.2, 0) is 42.9 Å². The SMILES string of the molecule is CCCCCCC(=O)OCC(COCC(COC(=O)CCCCCC)OC(=O)CCCCCC)OC(=O)CCCCCC. The second-order valence-corrected chi connectivity index (χ2v) is 11.4. The van der Waals surface area contributed by atoms with Gasteiger partial charge in [-0.1, -0.05) is 105 Å². The van der Waals surface area contributed by atoms with Crippen LogP contribution in [-0.4, -0.2) is 62.5 Å². The summed E-state index contributed by atoms with van der Waals surface area (Å²) in [4.78, 5) is 49.4. The highest BCUT2D eigenvalue weighted by atomic mass is 16.6. The maximum Gasteiger partial charge on any atom is 0.306 e. The van der Waals surface area contributed by atoms with Crippen LogP contribution in [0.1, 0.15) is 156 Å². The molecule has 0 aliphatic rings. The fourth-order valence-electron chi connectivity index (χ4n) is 4.35. The molecule has 0 aromatic carbocycles. The molecular weight excluding hydrogens is 552 g/mol. The number of unbranched alkanes of at least 4 members (excludes halogenated alkanes) is 12. The Labute approximate surface area is 261 Å². The normalized spacial score (nSPS) is 12.4. The molecule has 0 aromatic rings. The lowest BCUT2D eigenvalue weighted by molar-refractivity contribution is -0.169. The largest absolute Gasteiger partial charge is 0.462 e. The Morgan fingerprint density at radius 2 is 0.698 bits per heavy atom. The summed E-state index contributed by atoms with van der Waals surface area (Å²) in [5.41, 5.74) is 0. The minimum absolute atomic E-state index is 0.0423. The van der Waals surface area contributed by atoms with Crippen molar-refractivity contribution in [2.75, 3.05) is 26.4 Å². The zero-order valence-electron chi connectivity index (χ0n) is 27.8. The van der Waals surface area contributed by atoms with Crippen LogP contribution >= 0.6 is 0 Å². The highest BCUT2D eigenvalue weighted by molar-refractivity contribution is 5.71. The van der Waals surface area contributed by atoms with Crippen LogP contribution < -0.4 is 0 Å². The number of carbonyl (C=O) groups is 4. The Kier molecular flexibility index (Phi) is 28.4. The molecule has 0 aliphatic carbocycles. The van der Waals surface area contributed by atoms with Crippen molar-refractivity contribution < 1.29 is 42.9 Å². The van der Waals surface area contributed by atoms with E-state index in [0.717, 1.165) is 103 Å². The number of ether oxygens (including phenoxy) is 5. The quantitative estimate of drug-likeness (QED) is 0.0454. The molecule has 252 valence electrons. The van der Waals surface area contributed by atoms with Gasteiger partial charge in [0.2, 0.25) is 0 Å². The van der Waals surface area contributed by atoms with Gasteiger partial charge in [0, 0.05) is 25.7 Å². The summed E-state index contributed by atoms with van der Waals surface area (Å²) in [5, 5.41) is 0. The van der Waals surface area contributed by atoms with Crippen molar-refractivity contribution in [3.63, 3.8) is 0 Å². The van der Waals surface area contributed by atoms with Crippen LogP contribution in [0.15, 0.2) is 0 Å². The van der Waals surface area contributed by atoms with Crippen molar-refractivity contribution in [3.8, 4) is 0 Å². The van der Waals surface area contributed by atoms with Crippen molar-refractivity contribution in [2.24, 2.45) is 0 Å². The first-order valence-electron chi connectivity index (χ1n) is 17.1. The van der Waals surface area contributed by atoms with Crippen LogP contribution in [0.25, 0.3) is 0 Å². The molecule has 0 aliphatic heterocycles. The minimum atomic E-state index is -0.787. The van der Waals surface area contributed by atoms with Gasteiger partial charge in [-0.05, 0) is 25.7 Å². The van der Waals surface area contributed by atoms with Gasteiger partial charge in [-0.2, -0.15) is 0 Å². The van der Waals surface area contributed by atoms with E-state index in [-0.39, 0.29) is 63.1 Å². The van der Waals surface area contributed by atoms with Crippen LogP contribution in [0, 0.1) is 0 Å². The molecule has 0 amide bonds. The predicted octanol–water partition coefficient (Wildman–Crippen LogP) is 7.79. The van der Waals surface area contributed by atoms with Crippen LogP contribution in [0.4, 0.5) is 0 Å². The Morgan fingerprint density at radius 3 is 1.00 bits per heavy atom. The van der Waals surface area contributed by atoms with Gasteiger partial charge in [-0.25, -0.2) is 0 Å². The molecule has 9 nitrogen and oxygen atoms in total. The summed E-state index contributed by atoms with van der Waals surface area (Å²) in [7, 11) is 0. The average Bonchev–Trinajstić information content (AvgIpc) is 2.99. The summed E-state index contributed by atoms with van der Waals surface area (Å²) in [5.74, 6) is -1.40. The van der Waals surface area contributed by atoms with Gasteiger partial charge in [0.05, 0.1) is 13.2 Å². The molecule has 0 N–H and O–H groups in total. The smallest absolute Gasteiger partial charge is 0.306 e. The topological polar surface area (TPSA) is 114 Å². The zero-order chi connectivity index (χ0) is 32.0. The van der Waals surface area contributed by atoms with E-state index in [9.17, 15) is 19.2 Å². The van der Waals surface area contributed by atoms with E-state index < -0.39 is 12.2 Å². The second kappa shape index (κ2) is 29.9.